The van der Waals surface area contributed by atoms with Crippen LogP contribution in [-0.2, 0) is 9.53 Å². The van der Waals surface area contributed by atoms with E-state index >= 15 is 0 Å². The molecule has 0 amide bonds. The maximum absolute atomic E-state index is 10.6. The summed E-state index contributed by atoms with van der Waals surface area (Å²) in [5.74, 6) is -0.159. The van der Waals surface area contributed by atoms with Crippen LogP contribution in [0.15, 0.2) is 12.2 Å². The van der Waals surface area contributed by atoms with Gasteiger partial charge in [0.1, 0.15) is 0 Å². The van der Waals surface area contributed by atoms with Gasteiger partial charge in [-0.15, -0.1) is 0 Å². The second-order valence-electron chi connectivity index (χ2n) is 6.28. The molecule has 0 rings (SSSR count). The number of allylic oxidation sites excluding steroid dienone is 2. The van der Waals surface area contributed by atoms with E-state index in [4.69, 9.17) is 4.74 Å². The third-order valence-corrected chi connectivity index (χ3v) is 3.96. The molecule has 0 aliphatic heterocycles. The molecule has 0 aliphatic rings. The minimum Gasteiger partial charge on any atom is -0.466 e. The molecule has 0 aromatic carbocycles. The average molecular weight is 328 g/mol. The lowest BCUT2D eigenvalue weighted by molar-refractivity contribution is -0.141. The molecule has 0 radical (unpaired) electrons. The standard InChI is InChI=1S/C20H38O2.H3N/c1-3-4-5-6-7-8-9-10-11-12-13-14-15-16-17-18-19-22-20(2)21;/h10-11H,3-9,12-19H2,1-2H3;1H3/b11-10-;. The first-order valence-electron chi connectivity index (χ1n) is 9.55. The van der Waals surface area contributed by atoms with E-state index in [0.29, 0.717) is 6.61 Å². The van der Waals surface area contributed by atoms with Crippen LogP contribution in [0.5, 0.6) is 0 Å². The average Bonchev–Trinajstić information content (AvgIpc) is 2.50. The van der Waals surface area contributed by atoms with Crippen LogP contribution in [-0.4, -0.2) is 12.6 Å². The third kappa shape index (κ3) is 23.6. The molecule has 0 aromatic heterocycles. The highest BCUT2D eigenvalue weighted by atomic mass is 16.5. The number of carbonyl (C=O) groups is 1. The van der Waals surface area contributed by atoms with Crippen LogP contribution in [0.3, 0.4) is 0 Å². The molecule has 138 valence electrons. The molecule has 0 bridgehead atoms. The molecule has 0 saturated heterocycles. The van der Waals surface area contributed by atoms with Crippen molar-refractivity contribution in [2.45, 2.75) is 104 Å². The molecule has 0 atom stereocenters. The topological polar surface area (TPSA) is 61.3 Å². The van der Waals surface area contributed by atoms with Crippen molar-refractivity contribution < 1.29 is 9.53 Å². The number of ether oxygens (including phenoxy) is 1. The molecule has 3 N–H and O–H groups in total. The Labute approximate surface area is 144 Å². The van der Waals surface area contributed by atoms with Crippen molar-refractivity contribution in [2.24, 2.45) is 0 Å². The first kappa shape index (κ1) is 24.4. The molecule has 0 aliphatic carbocycles. The van der Waals surface area contributed by atoms with Gasteiger partial charge in [0, 0.05) is 6.92 Å². The third-order valence-electron chi connectivity index (χ3n) is 3.96. The maximum Gasteiger partial charge on any atom is 0.302 e. The predicted molar refractivity (Wildman–Crippen MR) is 101 cm³/mol. The van der Waals surface area contributed by atoms with E-state index in [-0.39, 0.29) is 12.1 Å². The van der Waals surface area contributed by atoms with E-state index in [1.807, 2.05) is 0 Å². The fourth-order valence-electron chi connectivity index (χ4n) is 2.57. The largest absolute Gasteiger partial charge is 0.466 e. The van der Waals surface area contributed by atoms with Gasteiger partial charge in [0.2, 0.25) is 0 Å². The Balaban J connectivity index is 0. The fraction of sp³-hybridized carbons (Fsp3) is 0.850. The van der Waals surface area contributed by atoms with Crippen LogP contribution in [0.1, 0.15) is 104 Å². The Bertz CT molecular complexity index is 264. The zero-order chi connectivity index (χ0) is 16.3. The Morgan fingerprint density at radius 2 is 1.17 bits per heavy atom. The first-order valence-corrected chi connectivity index (χ1v) is 9.55. The molecule has 0 spiro atoms. The molecule has 0 unspecified atom stereocenters. The summed E-state index contributed by atoms with van der Waals surface area (Å²) < 4.78 is 4.91. The van der Waals surface area contributed by atoms with Crippen molar-refractivity contribution >= 4 is 5.97 Å². The molecule has 3 nitrogen and oxygen atoms in total. The summed E-state index contributed by atoms with van der Waals surface area (Å²) in [6.07, 6.45) is 23.0. The predicted octanol–water partition coefficient (Wildman–Crippen LogP) is 6.75. The molecular formula is C20H41NO2. The summed E-state index contributed by atoms with van der Waals surface area (Å²) in [6, 6.07) is 0. The Hall–Kier alpha value is -0.830. The van der Waals surface area contributed by atoms with Crippen LogP contribution in [0.4, 0.5) is 0 Å². The minimum atomic E-state index is -0.159. The number of rotatable bonds is 16. The van der Waals surface area contributed by atoms with E-state index < -0.39 is 0 Å². The lowest BCUT2D eigenvalue weighted by Crippen LogP contribution is -1.99. The SMILES string of the molecule is CCCCCCCC/C=C\CCCCCCCCOC(C)=O.N. The summed E-state index contributed by atoms with van der Waals surface area (Å²) in [6.45, 7) is 4.34. The highest BCUT2D eigenvalue weighted by molar-refractivity contribution is 5.65. The monoisotopic (exact) mass is 327 g/mol. The van der Waals surface area contributed by atoms with E-state index in [1.54, 1.807) is 0 Å². The van der Waals surface area contributed by atoms with Gasteiger partial charge in [0.25, 0.3) is 0 Å². The van der Waals surface area contributed by atoms with E-state index in [9.17, 15) is 4.79 Å². The normalized spacial score (nSPS) is 10.7. The lowest BCUT2D eigenvalue weighted by atomic mass is 10.1. The fourth-order valence-corrected chi connectivity index (χ4v) is 2.57. The zero-order valence-corrected chi connectivity index (χ0v) is 15.8. The summed E-state index contributed by atoms with van der Waals surface area (Å²) in [5, 5.41) is 0. The number of unbranched alkanes of at least 4 members (excludes halogenated alkanes) is 12. The van der Waals surface area contributed by atoms with Crippen molar-refractivity contribution in [1.82, 2.24) is 6.15 Å². The van der Waals surface area contributed by atoms with Crippen LogP contribution < -0.4 is 6.15 Å². The van der Waals surface area contributed by atoms with E-state index in [1.165, 1.54) is 90.4 Å². The quantitative estimate of drug-likeness (QED) is 0.194. The zero-order valence-electron chi connectivity index (χ0n) is 15.8. The van der Waals surface area contributed by atoms with Gasteiger partial charge in [0.15, 0.2) is 0 Å². The van der Waals surface area contributed by atoms with Crippen molar-refractivity contribution in [2.75, 3.05) is 6.61 Å². The number of esters is 1. The van der Waals surface area contributed by atoms with Gasteiger partial charge in [0.05, 0.1) is 6.61 Å². The second-order valence-corrected chi connectivity index (χ2v) is 6.28. The number of hydrogen-bond donors (Lipinski definition) is 1. The molecule has 0 heterocycles. The lowest BCUT2D eigenvalue weighted by Gasteiger charge is -2.02. The van der Waals surface area contributed by atoms with Gasteiger partial charge in [-0.1, -0.05) is 76.9 Å². The Morgan fingerprint density at radius 1 is 0.739 bits per heavy atom. The van der Waals surface area contributed by atoms with Gasteiger partial charge in [-0.2, -0.15) is 0 Å². The van der Waals surface area contributed by atoms with Crippen LogP contribution in [0, 0.1) is 0 Å². The van der Waals surface area contributed by atoms with Crippen LogP contribution in [0.2, 0.25) is 0 Å². The molecule has 0 aromatic rings. The summed E-state index contributed by atoms with van der Waals surface area (Å²) in [4.78, 5) is 10.6. The van der Waals surface area contributed by atoms with Gasteiger partial charge >= 0.3 is 5.97 Å². The Morgan fingerprint density at radius 3 is 1.65 bits per heavy atom. The molecule has 0 fully saturated rings. The maximum atomic E-state index is 10.6. The van der Waals surface area contributed by atoms with E-state index in [0.717, 1.165) is 6.42 Å². The molecular weight excluding hydrogens is 286 g/mol. The van der Waals surface area contributed by atoms with Gasteiger partial charge in [-0.25, -0.2) is 0 Å². The summed E-state index contributed by atoms with van der Waals surface area (Å²) in [7, 11) is 0. The molecule has 3 heteroatoms. The van der Waals surface area contributed by atoms with Crippen molar-refractivity contribution in [3.05, 3.63) is 12.2 Å². The van der Waals surface area contributed by atoms with Crippen LogP contribution in [0.25, 0.3) is 0 Å². The summed E-state index contributed by atoms with van der Waals surface area (Å²) >= 11 is 0. The van der Waals surface area contributed by atoms with Gasteiger partial charge in [-0.3, -0.25) is 4.79 Å². The minimum absolute atomic E-state index is 0. The number of carbonyl (C=O) groups excluding carboxylic acids is 1. The highest BCUT2D eigenvalue weighted by Crippen LogP contribution is 2.09. The second kappa shape index (κ2) is 21.2. The summed E-state index contributed by atoms with van der Waals surface area (Å²) in [5.41, 5.74) is 0. The molecule has 0 saturated carbocycles. The number of hydrogen-bond acceptors (Lipinski definition) is 3. The van der Waals surface area contributed by atoms with Crippen LogP contribution >= 0.6 is 0 Å². The van der Waals surface area contributed by atoms with Crippen molar-refractivity contribution in [3.63, 3.8) is 0 Å². The highest BCUT2D eigenvalue weighted by Gasteiger charge is 1.94. The van der Waals surface area contributed by atoms with Crippen molar-refractivity contribution in [1.29, 1.82) is 0 Å². The first-order chi connectivity index (χ1) is 10.8. The van der Waals surface area contributed by atoms with Gasteiger partial charge < -0.3 is 10.9 Å². The molecule has 23 heavy (non-hydrogen) atoms. The van der Waals surface area contributed by atoms with E-state index in [2.05, 4.69) is 19.1 Å². The Kier molecular flexibility index (Phi) is 22.5. The van der Waals surface area contributed by atoms with Gasteiger partial charge in [-0.05, 0) is 32.1 Å². The smallest absolute Gasteiger partial charge is 0.302 e. The van der Waals surface area contributed by atoms with Crippen molar-refractivity contribution in [3.8, 4) is 0 Å².